The van der Waals surface area contributed by atoms with Gasteiger partial charge < -0.3 is 5.32 Å². The molecule has 0 heterocycles. The number of carbonyl (C=O) groups is 1. The molecular weight excluding hydrogens is 114 g/mol. The van der Waals surface area contributed by atoms with E-state index < -0.39 is 0 Å². The fraction of sp³-hybridized carbons (Fsp3) is 0.571. The Kier molecular flexibility index (Phi) is 3.97. The second-order valence-electron chi connectivity index (χ2n) is 2.20. The van der Waals surface area contributed by atoms with Gasteiger partial charge in [0.2, 0.25) is 0 Å². The van der Waals surface area contributed by atoms with Crippen molar-refractivity contribution >= 4 is 5.78 Å². The second-order valence-corrected chi connectivity index (χ2v) is 2.20. The van der Waals surface area contributed by atoms with Gasteiger partial charge in [0.25, 0.3) is 0 Å². The Bertz CT molecular complexity index is 118. The predicted molar refractivity (Wildman–Crippen MR) is 38.4 cm³/mol. The van der Waals surface area contributed by atoms with Gasteiger partial charge in [-0.15, -0.1) is 0 Å². The van der Waals surface area contributed by atoms with Crippen molar-refractivity contribution in [3.63, 3.8) is 0 Å². The summed E-state index contributed by atoms with van der Waals surface area (Å²) in [6.07, 6.45) is 0.501. The average molecular weight is 127 g/mol. The van der Waals surface area contributed by atoms with Crippen LogP contribution in [0.4, 0.5) is 0 Å². The normalized spacial score (nSPS) is 9.11. The van der Waals surface area contributed by atoms with E-state index in [2.05, 4.69) is 11.9 Å². The van der Waals surface area contributed by atoms with Gasteiger partial charge in [-0.05, 0) is 14.0 Å². The van der Waals surface area contributed by atoms with Crippen molar-refractivity contribution in [3.8, 4) is 0 Å². The zero-order valence-corrected chi connectivity index (χ0v) is 6.03. The summed E-state index contributed by atoms with van der Waals surface area (Å²) in [6.45, 7) is 5.93. The highest BCUT2D eigenvalue weighted by molar-refractivity contribution is 5.82. The third-order valence-corrected chi connectivity index (χ3v) is 0.873. The van der Waals surface area contributed by atoms with Gasteiger partial charge in [0.1, 0.15) is 0 Å². The minimum Gasteiger partial charge on any atom is -0.313 e. The summed E-state index contributed by atoms with van der Waals surface area (Å²) in [5, 5.41) is 2.78. The van der Waals surface area contributed by atoms with E-state index in [1.807, 2.05) is 6.92 Å². The number of hydrogen-bond acceptors (Lipinski definition) is 2. The third kappa shape index (κ3) is 5.24. The number of nitrogens with one attached hydrogen (secondary N) is 1. The fourth-order valence-corrected chi connectivity index (χ4v) is 0.596. The largest absolute Gasteiger partial charge is 0.313 e. The molecule has 0 rings (SSSR count). The molecule has 0 aliphatic carbocycles. The van der Waals surface area contributed by atoms with Crippen LogP contribution in [0.15, 0.2) is 12.2 Å². The molecule has 1 N–H and O–H groups in total. The van der Waals surface area contributed by atoms with Gasteiger partial charge in [0.15, 0.2) is 5.78 Å². The van der Waals surface area contributed by atoms with Crippen molar-refractivity contribution in [2.75, 3.05) is 13.6 Å². The van der Waals surface area contributed by atoms with Gasteiger partial charge in [-0.3, -0.25) is 4.79 Å². The molecule has 0 spiro atoms. The van der Waals surface area contributed by atoms with E-state index in [9.17, 15) is 4.79 Å². The molecule has 2 heteroatoms. The molecule has 0 fully saturated rings. The zero-order valence-electron chi connectivity index (χ0n) is 6.03. The number of carbonyl (C=O) groups excluding carboxylic acids is 1. The van der Waals surface area contributed by atoms with Crippen LogP contribution in [0.25, 0.3) is 0 Å². The van der Waals surface area contributed by atoms with Crippen LogP contribution in [-0.2, 0) is 4.79 Å². The highest BCUT2D eigenvalue weighted by Gasteiger charge is 1.97. The van der Waals surface area contributed by atoms with E-state index in [0.29, 0.717) is 13.0 Å². The van der Waals surface area contributed by atoms with Gasteiger partial charge in [-0.25, -0.2) is 0 Å². The number of likely N-dealkylation sites (N-methyl/N-ethyl adjacent to an activating group) is 1. The molecule has 0 radical (unpaired) electrons. The molecule has 9 heavy (non-hydrogen) atoms. The Labute approximate surface area is 56.0 Å². The Morgan fingerprint density at radius 3 is 2.56 bits per heavy atom. The quantitative estimate of drug-likeness (QED) is 0.564. The molecule has 0 saturated heterocycles. The van der Waals surface area contributed by atoms with Crippen LogP contribution in [0.2, 0.25) is 0 Å². The molecule has 0 atom stereocenters. The van der Waals surface area contributed by atoms with Gasteiger partial charge in [-0.2, -0.15) is 0 Å². The van der Waals surface area contributed by atoms with Crippen LogP contribution in [0.3, 0.4) is 0 Å². The molecule has 0 aliphatic rings. The number of ketones is 1. The van der Waals surface area contributed by atoms with Crippen LogP contribution in [0.1, 0.15) is 13.3 Å². The monoisotopic (exact) mass is 127 g/mol. The molecule has 0 unspecified atom stereocenters. The second kappa shape index (κ2) is 4.27. The van der Waals surface area contributed by atoms with E-state index in [1.165, 1.54) is 0 Å². The first kappa shape index (κ1) is 8.37. The van der Waals surface area contributed by atoms with Crippen molar-refractivity contribution in [3.05, 3.63) is 12.2 Å². The van der Waals surface area contributed by atoms with E-state index in [-0.39, 0.29) is 5.78 Å². The van der Waals surface area contributed by atoms with Crippen LogP contribution in [0, 0.1) is 0 Å². The molecule has 0 bridgehead atoms. The first-order valence-corrected chi connectivity index (χ1v) is 2.97. The maximum absolute atomic E-state index is 10.7. The van der Waals surface area contributed by atoms with Crippen LogP contribution in [0.5, 0.6) is 0 Å². The average Bonchev–Trinajstić information content (AvgIpc) is 1.63. The summed E-state index contributed by atoms with van der Waals surface area (Å²) in [5.74, 6) is 0.199. The van der Waals surface area contributed by atoms with E-state index in [1.54, 1.807) is 7.05 Å². The van der Waals surface area contributed by atoms with Crippen LogP contribution >= 0.6 is 0 Å². The van der Waals surface area contributed by atoms with Gasteiger partial charge in [-0.1, -0.05) is 12.2 Å². The Morgan fingerprint density at radius 2 is 2.22 bits per heavy atom. The minimum atomic E-state index is 0.199. The fourth-order valence-electron chi connectivity index (χ4n) is 0.596. The summed E-state index contributed by atoms with van der Waals surface area (Å²) in [5.41, 5.74) is 0.926. The smallest absolute Gasteiger partial charge is 0.150 e. The Morgan fingerprint density at radius 1 is 1.67 bits per heavy atom. The van der Waals surface area contributed by atoms with E-state index in [0.717, 1.165) is 5.57 Å². The standard InChI is InChI=1S/C7H13NO/c1-6(2)4-7(9)5-8-3/h8H,1,4-5H2,2-3H3. The van der Waals surface area contributed by atoms with Crippen LogP contribution < -0.4 is 5.32 Å². The molecule has 0 saturated carbocycles. The molecule has 0 aromatic heterocycles. The molecule has 0 amide bonds. The maximum Gasteiger partial charge on any atom is 0.150 e. The topological polar surface area (TPSA) is 29.1 Å². The number of Topliss-reactive ketones (excluding diaryl/α,β-unsaturated/α-hetero) is 1. The van der Waals surface area contributed by atoms with Gasteiger partial charge >= 0.3 is 0 Å². The molecule has 0 aliphatic heterocycles. The van der Waals surface area contributed by atoms with Crippen molar-refractivity contribution in [2.45, 2.75) is 13.3 Å². The zero-order chi connectivity index (χ0) is 7.28. The third-order valence-electron chi connectivity index (χ3n) is 0.873. The summed E-state index contributed by atoms with van der Waals surface area (Å²) in [6, 6.07) is 0. The molecular formula is C7H13NO. The Balaban J connectivity index is 3.39. The highest BCUT2D eigenvalue weighted by atomic mass is 16.1. The summed E-state index contributed by atoms with van der Waals surface area (Å²) >= 11 is 0. The lowest BCUT2D eigenvalue weighted by molar-refractivity contribution is -0.117. The number of allylic oxidation sites excluding steroid dienone is 1. The lowest BCUT2D eigenvalue weighted by Gasteiger charge is -1.96. The lowest BCUT2D eigenvalue weighted by Crippen LogP contribution is -2.18. The molecule has 0 aromatic rings. The molecule has 52 valence electrons. The molecule has 2 nitrogen and oxygen atoms in total. The predicted octanol–water partition coefficient (Wildman–Crippen LogP) is 0.741. The van der Waals surface area contributed by atoms with Crippen molar-refractivity contribution in [2.24, 2.45) is 0 Å². The van der Waals surface area contributed by atoms with Crippen LogP contribution in [-0.4, -0.2) is 19.4 Å². The lowest BCUT2D eigenvalue weighted by atomic mass is 10.2. The number of hydrogen-bond donors (Lipinski definition) is 1. The summed E-state index contributed by atoms with van der Waals surface area (Å²) in [7, 11) is 1.76. The van der Waals surface area contributed by atoms with Crippen molar-refractivity contribution in [1.82, 2.24) is 5.32 Å². The van der Waals surface area contributed by atoms with E-state index in [4.69, 9.17) is 0 Å². The summed E-state index contributed by atoms with van der Waals surface area (Å²) in [4.78, 5) is 10.7. The maximum atomic E-state index is 10.7. The van der Waals surface area contributed by atoms with Crippen molar-refractivity contribution in [1.29, 1.82) is 0 Å². The highest BCUT2D eigenvalue weighted by Crippen LogP contribution is 1.94. The van der Waals surface area contributed by atoms with Gasteiger partial charge in [0.05, 0.1) is 6.54 Å². The summed E-state index contributed by atoms with van der Waals surface area (Å²) < 4.78 is 0. The minimum absolute atomic E-state index is 0.199. The Hall–Kier alpha value is -0.630. The molecule has 0 aromatic carbocycles. The van der Waals surface area contributed by atoms with Crippen molar-refractivity contribution < 1.29 is 4.79 Å². The number of rotatable bonds is 4. The van der Waals surface area contributed by atoms with E-state index >= 15 is 0 Å². The van der Waals surface area contributed by atoms with Gasteiger partial charge in [0, 0.05) is 6.42 Å². The first-order chi connectivity index (χ1) is 4.16. The SMILES string of the molecule is C=C(C)CC(=O)CNC. The first-order valence-electron chi connectivity index (χ1n) is 2.97.